The molecule has 0 aromatic heterocycles. The molecule has 0 amide bonds. The van der Waals surface area contributed by atoms with Crippen LogP contribution in [0.4, 0.5) is 0 Å². The van der Waals surface area contributed by atoms with Gasteiger partial charge in [-0.15, -0.1) is 6.58 Å². The predicted octanol–water partition coefficient (Wildman–Crippen LogP) is 6.21. The number of unbranched alkanes of at least 4 members (excludes halogenated alkanes) is 2. The largest absolute Gasteiger partial charge is 0.456 e. The van der Waals surface area contributed by atoms with Gasteiger partial charge >= 0.3 is 5.97 Å². The monoisotopic (exact) mass is 336 g/mol. The lowest BCUT2D eigenvalue weighted by Gasteiger charge is -2.19. The number of esters is 1. The van der Waals surface area contributed by atoms with Crippen molar-refractivity contribution in [1.82, 2.24) is 0 Å². The van der Waals surface area contributed by atoms with Crippen LogP contribution in [0.2, 0.25) is 0 Å². The number of hydrogen-bond acceptors (Lipinski definition) is 2. The molecule has 0 spiro atoms. The van der Waals surface area contributed by atoms with Crippen LogP contribution < -0.4 is 0 Å². The van der Waals surface area contributed by atoms with E-state index in [1.807, 2.05) is 45.0 Å². The Labute approximate surface area is 151 Å². The van der Waals surface area contributed by atoms with E-state index in [-0.39, 0.29) is 5.97 Å². The van der Waals surface area contributed by atoms with Crippen LogP contribution in [-0.2, 0) is 11.2 Å². The van der Waals surface area contributed by atoms with Gasteiger partial charge in [-0.2, -0.15) is 0 Å². The molecule has 25 heavy (non-hydrogen) atoms. The summed E-state index contributed by atoms with van der Waals surface area (Å²) in [5.41, 5.74) is 3.59. The Hall–Kier alpha value is -2.35. The summed E-state index contributed by atoms with van der Waals surface area (Å²) in [6, 6.07) is 16.2. The van der Waals surface area contributed by atoms with Crippen LogP contribution in [0.15, 0.2) is 61.2 Å². The standard InChI is InChI=1S/C23H28O2/c1-5-6-7-8-11-18-12-9-13-19(16-18)20-14-10-15-21(17-20)22(24)25-23(2,3)4/h5,9-10,12-17H,1,6-8,11H2,2-4H3. The summed E-state index contributed by atoms with van der Waals surface area (Å²) in [6.45, 7) is 9.40. The van der Waals surface area contributed by atoms with Crippen LogP contribution in [0, 0.1) is 0 Å². The maximum absolute atomic E-state index is 12.3. The van der Waals surface area contributed by atoms with Gasteiger partial charge in [0.2, 0.25) is 0 Å². The van der Waals surface area contributed by atoms with E-state index in [1.54, 1.807) is 6.07 Å². The molecule has 2 nitrogen and oxygen atoms in total. The second-order valence-electron chi connectivity index (χ2n) is 7.32. The van der Waals surface area contributed by atoms with E-state index < -0.39 is 5.60 Å². The predicted molar refractivity (Wildman–Crippen MR) is 105 cm³/mol. The fraction of sp³-hybridized carbons (Fsp3) is 0.348. The molecule has 0 aliphatic rings. The first-order valence-corrected chi connectivity index (χ1v) is 8.93. The number of benzene rings is 2. The fourth-order valence-electron chi connectivity index (χ4n) is 2.69. The van der Waals surface area contributed by atoms with Crippen molar-refractivity contribution in [3.8, 4) is 11.1 Å². The van der Waals surface area contributed by atoms with Crippen molar-refractivity contribution < 1.29 is 9.53 Å². The Morgan fingerprint density at radius 2 is 1.72 bits per heavy atom. The molecule has 2 aromatic carbocycles. The highest BCUT2D eigenvalue weighted by molar-refractivity contribution is 5.91. The van der Waals surface area contributed by atoms with Crippen LogP contribution >= 0.6 is 0 Å². The normalized spacial score (nSPS) is 11.2. The summed E-state index contributed by atoms with van der Waals surface area (Å²) >= 11 is 0. The quantitative estimate of drug-likeness (QED) is 0.341. The number of aryl methyl sites for hydroxylation is 1. The molecule has 0 saturated heterocycles. The maximum Gasteiger partial charge on any atom is 0.338 e. The van der Waals surface area contributed by atoms with Crippen molar-refractivity contribution in [3.05, 3.63) is 72.3 Å². The second kappa shape index (κ2) is 8.66. The maximum atomic E-state index is 12.3. The summed E-state index contributed by atoms with van der Waals surface area (Å²) in [5.74, 6) is -0.282. The van der Waals surface area contributed by atoms with Crippen molar-refractivity contribution in [3.63, 3.8) is 0 Å². The number of ether oxygens (including phenoxy) is 1. The van der Waals surface area contributed by atoms with Gasteiger partial charge in [0.25, 0.3) is 0 Å². The highest BCUT2D eigenvalue weighted by Crippen LogP contribution is 2.23. The van der Waals surface area contributed by atoms with Crippen molar-refractivity contribution in [2.75, 3.05) is 0 Å². The molecule has 0 radical (unpaired) electrons. The van der Waals surface area contributed by atoms with E-state index in [4.69, 9.17) is 4.74 Å². The van der Waals surface area contributed by atoms with Crippen LogP contribution in [0.1, 0.15) is 56.0 Å². The molecule has 0 aliphatic carbocycles. The molecule has 0 bridgehead atoms. The van der Waals surface area contributed by atoms with E-state index in [2.05, 4.69) is 30.8 Å². The Bertz CT molecular complexity index is 723. The number of hydrogen-bond donors (Lipinski definition) is 0. The van der Waals surface area contributed by atoms with Gasteiger partial charge in [0.05, 0.1) is 5.56 Å². The van der Waals surface area contributed by atoms with Gasteiger partial charge in [-0.3, -0.25) is 0 Å². The smallest absolute Gasteiger partial charge is 0.338 e. The van der Waals surface area contributed by atoms with E-state index >= 15 is 0 Å². The Morgan fingerprint density at radius 3 is 2.40 bits per heavy atom. The lowest BCUT2D eigenvalue weighted by molar-refractivity contribution is 0.00696. The molecule has 2 rings (SSSR count). The number of carbonyl (C=O) groups excluding carboxylic acids is 1. The van der Waals surface area contributed by atoms with Crippen LogP contribution in [0.25, 0.3) is 11.1 Å². The third-order valence-electron chi connectivity index (χ3n) is 3.88. The van der Waals surface area contributed by atoms with Gasteiger partial charge in [0, 0.05) is 0 Å². The number of allylic oxidation sites excluding steroid dienone is 1. The van der Waals surface area contributed by atoms with Crippen molar-refractivity contribution >= 4 is 5.97 Å². The summed E-state index contributed by atoms with van der Waals surface area (Å²) in [4.78, 5) is 12.3. The van der Waals surface area contributed by atoms with Gasteiger partial charge < -0.3 is 4.74 Å². The molecular formula is C23H28O2. The fourth-order valence-corrected chi connectivity index (χ4v) is 2.69. The Balaban J connectivity index is 2.14. The minimum Gasteiger partial charge on any atom is -0.456 e. The first-order chi connectivity index (χ1) is 11.9. The van der Waals surface area contributed by atoms with Gasteiger partial charge in [-0.05, 0) is 75.3 Å². The molecule has 2 heteroatoms. The minimum atomic E-state index is -0.488. The molecule has 0 heterocycles. The van der Waals surface area contributed by atoms with E-state index in [0.29, 0.717) is 5.56 Å². The van der Waals surface area contributed by atoms with Crippen molar-refractivity contribution in [2.24, 2.45) is 0 Å². The number of carbonyl (C=O) groups is 1. The first-order valence-electron chi connectivity index (χ1n) is 8.93. The Morgan fingerprint density at radius 1 is 1.04 bits per heavy atom. The zero-order valence-electron chi connectivity index (χ0n) is 15.5. The summed E-state index contributed by atoms with van der Waals surface area (Å²) < 4.78 is 5.47. The lowest BCUT2D eigenvalue weighted by atomic mass is 9.99. The van der Waals surface area contributed by atoms with E-state index in [0.717, 1.165) is 30.4 Å². The van der Waals surface area contributed by atoms with Crippen LogP contribution in [0.3, 0.4) is 0 Å². The molecule has 132 valence electrons. The first kappa shape index (κ1) is 19.0. The van der Waals surface area contributed by atoms with Gasteiger partial charge in [-0.25, -0.2) is 4.79 Å². The van der Waals surface area contributed by atoms with Crippen LogP contribution in [-0.4, -0.2) is 11.6 Å². The van der Waals surface area contributed by atoms with Gasteiger partial charge in [0.15, 0.2) is 0 Å². The molecule has 2 aromatic rings. The zero-order valence-corrected chi connectivity index (χ0v) is 15.5. The van der Waals surface area contributed by atoms with Gasteiger partial charge in [-0.1, -0.05) is 42.5 Å². The summed E-state index contributed by atoms with van der Waals surface area (Å²) in [5, 5.41) is 0. The third kappa shape index (κ3) is 6.22. The molecule has 0 fully saturated rings. The SMILES string of the molecule is C=CCCCCc1cccc(-c2cccc(C(=O)OC(C)(C)C)c2)c1. The topological polar surface area (TPSA) is 26.3 Å². The third-order valence-corrected chi connectivity index (χ3v) is 3.88. The molecular weight excluding hydrogens is 308 g/mol. The van der Waals surface area contributed by atoms with Crippen molar-refractivity contribution in [2.45, 2.75) is 52.1 Å². The molecule has 0 N–H and O–H groups in total. The minimum absolute atomic E-state index is 0.282. The zero-order chi connectivity index (χ0) is 18.3. The van der Waals surface area contributed by atoms with Crippen LogP contribution in [0.5, 0.6) is 0 Å². The summed E-state index contributed by atoms with van der Waals surface area (Å²) in [6.07, 6.45) is 6.43. The van der Waals surface area contributed by atoms with E-state index in [1.165, 1.54) is 12.0 Å². The highest BCUT2D eigenvalue weighted by atomic mass is 16.6. The van der Waals surface area contributed by atoms with E-state index in [9.17, 15) is 4.79 Å². The second-order valence-corrected chi connectivity index (χ2v) is 7.32. The average Bonchev–Trinajstić information content (AvgIpc) is 2.58. The molecule has 0 saturated carbocycles. The lowest BCUT2D eigenvalue weighted by Crippen LogP contribution is -2.23. The number of rotatable bonds is 7. The highest BCUT2D eigenvalue weighted by Gasteiger charge is 2.18. The average molecular weight is 336 g/mol. The molecule has 0 unspecified atom stereocenters. The Kier molecular flexibility index (Phi) is 6.58. The summed E-state index contributed by atoms with van der Waals surface area (Å²) in [7, 11) is 0. The van der Waals surface area contributed by atoms with Crippen molar-refractivity contribution in [1.29, 1.82) is 0 Å². The molecule has 0 atom stereocenters. The van der Waals surface area contributed by atoms with Gasteiger partial charge in [0.1, 0.15) is 5.60 Å². The molecule has 0 aliphatic heterocycles.